The molecule has 0 saturated carbocycles. The van der Waals surface area contributed by atoms with Crippen molar-refractivity contribution in [3.05, 3.63) is 48.0 Å². The molecule has 90 valence electrons. The van der Waals surface area contributed by atoms with E-state index in [0.717, 1.165) is 17.5 Å². The smallest absolute Gasteiger partial charge is 0.123 e. The van der Waals surface area contributed by atoms with E-state index in [0.29, 0.717) is 5.69 Å². The molecule has 0 bridgehead atoms. The van der Waals surface area contributed by atoms with E-state index >= 15 is 0 Å². The maximum atomic E-state index is 9.85. The van der Waals surface area contributed by atoms with Crippen molar-refractivity contribution in [3.63, 3.8) is 0 Å². The molecule has 2 aromatic carbocycles. The third kappa shape index (κ3) is 2.71. The van der Waals surface area contributed by atoms with E-state index in [1.165, 1.54) is 5.56 Å². The molecule has 3 heteroatoms. The summed E-state index contributed by atoms with van der Waals surface area (Å²) in [6.45, 7) is 2.10. The maximum absolute atomic E-state index is 9.85. The molecule has 2 nitrogen and oxygen atoms in total. The molecule has 2 aromatic rings. The highest BCUT2D eigenvalue weighted by Gasteiger charge is 2.07. The molecule has 0 spiro atoms. The average Bonchev–Trinajstić information content (AvgIpc) is 2.32. The number of hydrogen-bond donors (Lipinski definition) is 2. The van der Waals surface area contributed by atoms with Gasteiger partial charge < -0.3 is 10.8 Å². The fourth-order valence-corrected chi connectivity index (χ4v) is 1.86. The molecule has 0 saturated heterocycles. The standard InChI is InChI=1S/C14H15NO.ClH/c1-2-10-5-3-4-6-12(10)13-9-11(15)7-8-14(13)16;/h3-9,16H,2,15H2,1H3;1H. The zero-order valence-corrected chi connectivity index (χ0v) is 10.5. The summed E-state index contributed by atoms with van der Waals surface area (Å²) in [5.74, 6) is 0.273. The Kier molecular flexibility index (Phi) is 4.41. The van der Waals surface area contributed by atoms with Crippen LogP contribution in [0, 0.1) is 0 Å². The number of nitrogen functional groups attached to an aromatic ring is 1. The molecule has 0 amide bonds. The summed E-state index contributed by atoms with van der Waals surface area (Å²) in [6, 6.07) is 13.2. The molecular weight excluding hydrogens is 234 g/mol. The lowest BCUT2D eigenvalue weighted by Gasteiger charge is -2.10. The molecule has 0 heterocycles. The van der Waals surface area contributed by atoms with Crippen LogP contribution in [0.25, 0.3) is 11.1 Å². The van der Waals surface area contributed by atoms with Crippen molar-refractivity contribution < 1.29 is 5.11 Å². The van der Waals surface area contributed by atoms with Crippen LogP contribution < -0.4 is 5.73 Å². The number of benzene rings is 2. The first-order valence-corrected chi connectivity index (χ1v) is 5.39. The van der Waals surface area contributed by atoms with E-state index in [1.54, 1.807) is 12.1 Å². The summed E-state index contributed by atoms with van der Waals surface area (Å²) < 4.78 is 0. The number of halogens is 1. The fraction of sp³-hybridized carbons (Fsp3) is 0.143. The number of aromatic hydroxyl groups is 1. The van der Waals surface area contributed by atoms with E-state index in [2.05, 4.69) is 13.0 Å². The largest absolute Gasteiger partial charge is 0.507 e. The van der Waals surface area contributed by atoms with Gasteiger partial charge in [-0.2, -0.15) is 0 Å². The molecule has 0 unspecified atom stereocenters. The monoisotopic (exact) mass is 249 g/mol. The molecule has 3 N–H and O–H groups in total. The van der Waals surface area contributed by atoms with Crippen LogP contribution in [0.15, 0.2) is 42.5 Å². The fourth-order valence-electron chi connectivity index (χ4n) is 1.86. The van der Waals surface area contributed by atoms with Crippen LogP contribution in [-0.2, 0) is 6.42 Å². The van der Waals surface area contributed by atoms with Crippen molar-refractivity contribution in [3.8, 4) is 16.9 Å². The number of anilines is 1. The van der Waals surface area contributed by atoms with Crippen LogP contribution in [0.5, 0.6) is 5.75 Å². The van der Waals surface area contributed by atoms with Gasteiger partial charge in [-0.25, -0.2) is 0 Å². The summed E-state index contributed by atoms with van der Waals surface area (Å²) in [7, 11) is 0. The normalized spacial score (nSPS) is 9.71. The molecule has 17 heavy (non-hydrogen) atoms. The van der Waals surface area contributed by atoms with Crippen molar-refractivity contribution >= 4 is 18.1 Å². The molecule has 0 aliphatic rings. The zero-order valence-electron chi connectivity index (χ0n) is 9.68. The van der Waals surface area contributed by atoms with Gasteiger partial charge in [-0.05, 0) is 35.7 Å². The van der Waals surface area contributed by atoms with Crippen molar-refractivity contribution in [1.82, 2.24) is 0 Å². The Morgan fingerprint density at radius 2 is 1.76 bits per heavy atom. The summed E-state index contributed by atoms with van der Waals surface area (Å²) in [4.78, 5) is 0. The van der Waals surface area contributed by atoms with Gasteiger partial charge in [0.1, 0.15) is 5.75 Å². The quantitative estimate of drug-likeness (QED) is 0.631. The van der Waals surface area contributed by atoms with Crippen LogP contribution in [0.1, 0.15) is 12.5 Å². The Hall–Kier alpha value is -1.67. The lowest BCUT2D eigenvalue weighted by molar-refractivity contribution is 0.477. The zero-order chi connectivity index (χ0) is 11.5. The minimum absolute atomic E-state index is 0. The highest BCUT2D eigenvalue weighted by Crippen LogP contribution is 2.33. The van der Waals surface area contributed by atoms with E-state index in [1.807, 2.05) is 24.3 Å². The summed E-state index contributed by atoms with van der Waals surface area (Å²) in [5.41, 5.74) is 9.48. The first-order chi connectivity index (χ1) is 7.72. The summed E-state index contributed by atoms with van der Waals surface area (Å²) >= 11 is 0. The number of rotatable bonds is 2. The second-order valence-electron chi connectivity index (χ2n) is 3.79. The maximum Gasteiger partial charge on any atom is 0.123 e. The summed E-state index contributed by atoms with van der Waals surface area (Å²) in [6.07, 6.45) is 0.935. The van der Waals surface area contributed by atoms with Crippen molar-refractivity contribution in [2.24, 2.45) is 0 Å². The number of nitrogens with two attached hydrogens (primary N) is 1. The Morgan fingerprint density at radius 1 is 1.06 bits per heavy atom. The van der Waals surface area contributed by atoms with Crippen LogP contribution in [-0.4, -0.2) is 5.11 Å². The van der Waals surface area contributed by atoms with E-state index < -0.39 is 0 Å². The molecule has 0 aromatic heterocycles. The number of aryl methyl sites for hydroxylation is 1. The van der Waals surface area contributed by atoms with Gasteiger partial charge in [0, 0.05) is 11.3 Å². The van der Waals surface area contributed by atoms with Gasteiger partial charge in [-0.15, -0.1) is 12.4 Å². The molecule has 2 rings (SSSR count). The first kappa shape index (κ1) is 13.4. The van der Waals surface area contributed by atoms with Crippen LogP contribution in [0.3, 0.4) is 0 Å². The van der Waals surface area contributed by atoms with Crippen molar-refractivity contribution in [2.45, 2.75) is 13.3 Å². The molecule has 0 fully saturated rings. The van der Waals surface area contributed by atoms with Gasteiger partial charge in [0.25, 0.3) is 0 Å². The number of phenols is 1. The molecule has 0 aliphatic heterocycles. The Labute approximate surface area is 108 Å². The number of phenolic OH excluding ortho intramolecular Hbond substituents is 1. The van der Waals surface area contributed by atoms with Crippen LogP contribution in [0.4, 0.5) is 5.69 Å². The Balaban J connectivity index is 0.00000144. The highest BCUT2D eigenvalue weighted by molar-refractivity contribution is 5.85. The third-order valence-corrected chi connectivity index (χ3v) is 2.71. The minimum atomic E-state index is 0. The van der Waals surface area contributed by atoms with Gasteiger partial charge in [-0.3, -0.25) is 0 Å². The second kappa shape index (κ2) is 5.60. The predicted molar refractivity (Wildman–Crippen MR) is 74.6 cm³/mol. The van der Waals surface area contributed by atoms with Gasteiger partial charge in [0.05, 0.1) is 0 Å². The van der Waals surface area contributed by atoms with Gasteiger partial charge in [0.2, 0.25) is 0 Å². The second-order valence-corrected chi connectivity index (χ2v) is 3.79. The SMILES string of the molecule is CCc1ccccc1-c1cc(N)ccc1O.Cl. The lowest BCUT2D eigenvalue weighted by Crippen LogP contribution is -1.90. The van der Waals surface area contributed by atoms with E-state index in [-0.39, 0.29) is 18.2 Å². The van der Waals surface area contributed by atoms with Gasteiger partial charge in [-0.1, -0.05) is 31.2 Å². The predicted octanol–water partition coefficient (Wildman–Crippen LogP) is 3.63. The molecule has 0 atom stereocenters. The lowest BCUT2D eigenvalue weighted by atomic mass is 9.97. The Bertz CT molecular complexity index is 511. The third-order valence-electron chi connectivity index (χ3n) is 2.71. The van der Waals surface area contributed by atoms with E-state index in [4.69, 9.17) is 5.73 Å². The average molecular weight is 250 g/mol. The minimum Gasteiger partial charge on any atom is -0.507 e. The van der Waals surface area contributed by atoms with Crippen molar-refractivity contribution in [2.75, 3.05) is 5.73 Å². The van der Waals surface area contributed by atoms with Gasteiger partial charge in [0.15, 0.2) is 0 Å². The van der Waals surface area contributed by atoms with Gasteiger partial charge >= 0.3 is 0 Å². The van der Waals surface area contributed by atoms with Crippen LogP contribution >= 0.6 is 12.4 Å². The molecular formula is C14H16ClNO. The van der Waals surface area contributed by atoms with Crippen molar-refractivity contribution in [1.29, 1.82) is 0 Å². The summed E-state index contributed by atoms with van der Waals surface area (Å²) in [5, 5.41) is 9.85. The number of hydrogen-bond acceptors (Lipinski definition) is 2. The Morgan fingerprint density at radius 3 is 2.47 bits per heavy atom. The molecule has 0 aliphatic carbocycles. The van der Waals surface area contributed by atoms with Crippen LogP contribution in [0.2, 0.25) is 0 Å². The topological polar surface area (TPSA) is 46.2 Å². The molecule has 0 radical (unpaired) electrons. The highest BCUT2D eigenvalue weighted by atomic mass is 35.5. The van der Waals surface area contributed by atoms with E-state index in [9.17, 15) is 5.11 Å². The first-order valence-electron chi connectivity index (χ1n) is 5.39.